The van der Waals surface area contributed by atoms with Crippen LogP contribution in [0.1, 0.15) is 75.5 Å². The summed E-state index contributed by atoms with van der Waals surface area (Å²) in [7, 11) is 0. The van der Waals surface area contributed by atoms with E-state index in [-0.39, 0.29) is 22.8 Å². The summed E-state index contributed by atoms with van der Waals surface area (Å²) in [4.78, 5) is 23.5. The Morgan fingerprint density at radius 3 is 2.43 bits per heavy atom. The molecule has 5 aromatic rings. The monoisotopic (exact) mass is 650 g/mol. The molecule has 0 saturated carbocycles. The molecule has 3 heterocycles. The van der Waals surface area contributed by atoms with Crippen LogP contribution in [0.5, 0.6) is 5.75 Å². The quantitative estimate of drug-likeness (QED) is 0.179. The number of carbonyl (C=O) groups excluding carboxylic acids is 1. The third kappa shape index (κ3) is 5.43. The van der Waals surface area contributed by atoms with Crippen molar-refractivity contribution in [1.29, 1.82) is 0 Å². The van der Waals surface area contributed by atoms with Crippen LogP contribution >= 0.6 is 11.6 Å². The number of hydrogen-bond donors (Lipinski definition) is 3. The Morgan fingerprint density at radius 1 is 0.957 bits per heavy atom. The second kappa shape index (κ2) is 11.1. The second-order valence-corrected chi connectivity index (χ2v) is 15.2. The van der Waals surface area contributed by atoms with E-state index in [2.05, 4.69) is 69.3 Å². The summed E-state index contributed by atoms with van der Waals surface area (Å²) in [6.45, 7) is 13.0. The Hall–Kier alpha value is -4.40. The van der Waals surface area contributed by atoms with E-state index < -0.39 is 17.6 Å². The number of fused-ring (bicyclic) bond motifs is 4. The molecular weight excluding hydrogens is 612 g/mol. The van der Waals surface area contributed by atoms with E-state index in [1.165, 1.54) is 0 Å². The van der Waals surface area contributed by atoms with Crippen LogP contribution in [-0.2, 0) is 28.5 Å². The maximum absolute atomic E-state index is 14.3. The number of hydrogen-bond acceptors (Lipinski definition) is 7. The number of oxazole rings is 1. The van der Waals surface area contributed by atoms with Gasteiger partial charge in [-0.2, -0.15) is 4.98 Å². The molecule has 1 amide bonds. The van der Waals surface area contributed by atoms with E-state index in [1.54, 1.807) is 30.5 Å². The number of nitrogens with one attached hydrogen (secondary N) is 2. The lowest BCUT2D eigenvalue weighted by Crippen LogP contribution is -2.62. The highest BCUT2D eigenvalue weighted by Gasteiger charge is 2.59. The van der Waals surface area contributed by atoms with Crippen LogP contribution in [0.25, 0.3) is 11.1 Å². The summed E-state index contributed by atoms with van der Waals surface area (Å²) in [6.07, 6.45) is 1.35. The molecule has 3 aromatic carbocycles. The summed E-state index contributed by atoms with van der Waals surface area (Å²) < 4.78 is 13.2. The maximum Gasteiger partial charge on any atom is 0.300 e. The minimum Gasteiger partial charge on any atom is -0.471 e. The summed E-state index contributed by atoms with van der Waals surface area (Å²) >= 11 is 6.69. The van der Waals surface area contributed by atoms with Gasteiger partial charge in [-0.05, 0) is 76.3 Å². The zero-order valence-electron chi connectivity index (χ0n) is 27.4. The molecule has 7 rings (SSSR count). The predicted molar refractivity (Wildman–Crippen MR) is 185 cm³/mol. The van der Waals surface area contributed by atoms with Crippen LogP contribution in [-0.4, -0.2) is 26.6 Å². The largest absolute Gasteiger partial charge is 0.471 e. The van der Waals surface area contributed by atoms with Crippen molar-refractivity contribution in [3.05, 3.63) is 106 Å². The molecule has 47 heavy (non-hydrogen) atoms. The molecule has 2 aliphatic rings. The van der Waals surface area contributed by atoms with Crippen molar-refractivity contribution in [1.82, 2.24) is 9.97 Å². The fourth-order valence-corrected chi connectivity index (χ4v) is 7.11. The molecule has 242 valence electrons. The zero-order chi connectivity index (χ0) is 33.3. The van der Waals surface area contributed by atoms with Crippen LogP contribution in [0.4, 0.5) is 17.5 Å². The number of anilines is 3. The molecule has 1 aliphatic carbocycles. The van der Waals surface area contributed by atoms with Gasteiger partial charge in [-0.25, -0.2) is 4.98 Å². The molecule has 2 aromatic heterocycles. The fraction of sp³-hybridized carbons (Fsp3) is 0.342. The average molecular weight is 651 g/mol. The number of pyridine rings is 1. The number of amides is 1. The van der Waals surface area contributed by atoms with E-state index in [0.29, 0.717) is 46.3 Å². The van der Waals surface area contributed by atoms with Gasteiger partial charge < -0.3 is 24.9 Å². The van der Waals surface area contributed by atoms with Gasteiger partial charge in [0.15, 0.2) is 5.58 Å². The summed E-state index contributed by atoms with van der Waals surface area (Å²) in [6, 6.07) is 21.1. The van der Waals surface area contributed by atoms with Crippen molar-refractivity contribution >= 4 is 46.1 Å². The molecule has 0 unspecified atom stereocenters. The summed E-state index contributed by atoms with van der Waals surface area (Å²) in [5, 5.41) is 18.8. The lowest BCUT2D eigenvalue weighted by atomic mass is 9.66. The molecule has 0 spiro atoms. The molecule has 0 radical (unpaired) electrons. The number of nitrogens with zero attached hydrogens (tertiary/aromatic N) is 2. The Kier molecular flexibility index (Phi) is 7.37. The number of aromatic nitrogens is 2. The Morgan fingerprint density at radius 2 is 1.70 bits per heavy atom. The van der Waals surface area contributed by atoms with Gasteiger partial charge in [0, 0.05) is 22.7 Å². The van der Waals surface area contributed by atoms with Gasteiger partial charge in [-0.1, -0.05) is 89.5 Å². The highest BCUT2D eigenvalue weighted by atomic mass is 35.5. The van der Waals surface area contributed by atoms with Gasteiger partial charge >= 0.3 is 0 Å². The van der Waals surface area contributed by atoms with Gasteiger partial charge in [0.1, 0.15) is 23.2 Å². The number of benzene rings is 3. The van der Waals surface area contributed by atoms with Crippen molar-refractivity contribution in [3.8, 4) is 5.75 Å². The van der Waals surface area contributed by atoms with Crippen LogP contribution in [0, 0.1) is 5.92 Å². The van der Waals surface area contributed by atoms with E-state index >= 15 is 0 Å². The summed E-state index contributed by atoms with van der Waals surface area (Å²) in [5.74, 6) is -0.0733. The topological polar surface area (TPSA) is 110 Å². The molecular formula is C38H39ClN4O4. The molecule has 3 atom stereocenters. The van der Waals surface area contributed by atoms with Crippen LogP contribution in [0.15, 0.2) is 77.3 Å². The number of rotatable bonds is 4. The minimum absolute atomic E-state index is 0.0826. The third-order valence-corrected chi connectivity index (χ3v) is 9.58. The first-order valence-electron chi connectivity index (χ1n) is 16.0. The number of aliphatic hydroxyl groups excluding tert-OH is 1. The van der Waals surface area contributed by atoms with E-state index in [4.69, 9.17) is 25.7 Å². The number of ether oxygens (including phenoxy) is 1. The van der Waals surface area contributed by atoms with Crippen LogP contribution < -0.4 is 15.4 Å². The Labute approximate surface area is 279 Å². The molecule has 8 nitrogen and oxygen atoms in total. The Balaban J connectivity index is 1.33. The minimum atomic E-state index is -1.65. The van der Waals surface area contributed by atoms with Crippen molar-refractivity contribution < 1.29 is 19.1 Å². The van der Waals surface area contributed by atoms with Gasteiger partial charge in [-0.15, -0.1) is 0 Å². The molecule has 3 N–H and O–H groups in total. The van der Waals surface area contributed by atoms with E-state index in [1.807, 2.05) is 30.3 Å². The van der Waals surface area contributed by atoms with Gasteiger partial charge in [-0.3, -0.25) is 4.79 Å². The Bertz CT molecular complexity index is 2010. The highest BCUT2D eigenvalue weighted by Crippen LogP contribution is 2.53. The van der Waals surface area contributed by atoms with Crippen molar-refractivity contribution in [2.75, 3.05) is 10.6 Å². The third-order valence-electron chi connectivity index (χ3n) is 9.36. The molecule has 0 saturated heterocycles. The summed E-state index contributed by atoms with van der Waals surface area (Å²) in [5.41, 5.74) is 4.70. The predicted octanol–water partition coefficient (Wildman–Crippen LogP) is 8.43. The average Bonchev–Trinajstić information content (AvgIpc) is 3.42. The standard InChI is InChI=1S/C38H39ClN4O4/c1-36(2,3)23-18-27(37(4,5)6)32-28(19-23)41-35(46-32)42-29-20-25(39)17-22-16-24-15-21-11-7-8-12-26(21)33(44)38(24,47-31(22)29)34(45)43-30-13-9-10-14-40-30/h7-14,17-20,24,33,44H,15-16H2,1-6H3,(H,41,42)(H,40,43,45)/t24-,33-,38+/m1/s1. The smallest absolute Gasteiger partial charge is 0.300 e. The van der Waals surface area contributed by atoms with Gasteiger partial charge in [0.25, 0.3) is 11.9 Å². The highest BCUT2D eigenvalue weighted by molar-refractivity contribution is 6.31. The van der Waals surface area contributed by atoms with Crippen LogP contribution in [0.3, 0.4) is 0 Å². The molecule has 0 bridgehead atoms. The lowest BCUT2D eigenvalue weighted by molar-refractivity contribution is -0.157. The molecule has 9 heteroatoms. The SMILES string of the molecule is CC(C)(C)c1cc(C(C)(C)C)c2oc(Nc3cc(Cl)cc4c3O[C@@]3(C(=O)Nc5ccccn5)[C@H](Cc5ccccc5[C@H]3O)C4)nc2c1. The zero-order valence-corrected chi connectivity index (χ0v) is 28.2. The van der Waals surface area contributed by atoms with Crippen LogP contribution in [0.2, 0.25) is 5.02 Å². The van der Waals surface area contributed by atoms with E-state index in [0.717, 1.165) is 27.8 Å². The molecule has 0 fully saturated rings. The maximum atomic E-state index is 14.3. The first-order chi connectivity index (χ1) is 22.2. The number of carbonyl (C=O) groups is 1. The second-order valence-electron chi connectivity index (χ2n) is 14.7. The first-order valence-corrected chi connectivity index (χ1v) is 16.3. The van der Waals surface area contributed by atoms with Crippen molar-refractivity contribution in [2.24, 2.45) is 5.92 Å². The number of halogens is 1. The lowest BCUT2D eigenvalue weighted by Gasteiger charge is -2.49. The molecule has 1 aliphatic heterocycles. The normalized spacial score (nSPS) is 20.5. The number of aliphatic hydroxyl groups is 1. The van der Waals surface area contributed by atoms with Gasteiger partial charge in [0.05, 0.1) is 5.69 Å². The van der Waals surface area contributed by atoms with Crippen molar-refractivity contribution in [3.63, 3.8) is 0 Å². The first kappa shape index (κ1) is 31.2. The fourth-order valence-electron chi connectivity index (χ4n) is 6.87. The van der Waals surface area contributed by atoms with Gasteiger partial charge in [0.2, 0.25) is 5.60 Å². The van der Waals surface area contributed by atoms with Crippen molar-refractivity contribution in [2.45, 2.75) is 76.9 Å². The van der Waals surface area contributed by atoms with E-state index in [9.17, 15) is 9.90 Å².